The van der Waals surface area contributed by atoms with Crippen LogP contribution in [0, 0.1) is 5.41 Å². The van der Waals surface area contributed by atoms with E-state index in [9.17, 15) is 0 Å². The second kappa shape index (κ2) is 3.34. The van der Waals surface area contributed by atoms with E-state index in [-0.39, 0.29) is 0 Å². The molecule has 0 aromatic carbocycles. The van der Waals surface area contributed by atoms with Gasteiger partial charge in [-0.1, -0.05) is 13.3 Å². The number of imidazole rings is 1. The van der Waals surface area contributed by atoms with Crippen molar-refractivity contribution in [2.45, 2.75) is 45.1 Å². The number of fused-ring (bicyclic) bond motifs is 1. The Kier molecular flexibility index (Phi) is 2.09. The molecule has 82 valence electrons. The molecule has 3 heteroatoms. The third kappa shape index (κ3) is 1.26. The molecule has 2 aliphatic rings. The van der Waals surface area contributed by atoms with Gasteiger partial charge in [-0.05, 0) is 24.7 Å². The summed E-state index contributed by atoms with van der Waals surface area (Å²) in [7, 11) is 0. The van der Waals surface area contributed by atoms with E-state index < -0.39 is 0 Å². The summed E-state index contributed by atoms with van der Waals surface area (Å²) in [5, 5.41) is 3.67. The number of hydrogen-bond donors (Lipinski definition) is 2. The standard InChI is InChI=1S/C12H19N3/c1-2-12(5-3-6-12)11-10-9(4-7-13-11)14-8-15-10/h8,11,13H,2-7H2,1H3,(H,14,15). The van der Waals surface area contributed by atoms with Crippen LogP contribution < -0.4 is 5.32 Å². The van der Waals surface area contributed by atoms with Crippen molar-refractivity contribution in [2.24, 2.45) is 5.41 Å². The average molecular weight is 205 g/mol. The number of hydrogen-bond acceptors (Lipinski definition) is 2. The summed E-state index contributed by atoms with van der Waals surface area (Å²) >= 11 is 0. The van der Waals surface area contributed by atoms with E-state index in [1.165, 1.54) is 37.1 Å². The van der Waals surface area contributed by atoms with Gasteiger partial charge in [0.1, 0.15) is 0 Å². The molecule has 0 radical (unpaired) electrons. The number of rotatable bonds is 2. The number of nitrogens with one attached hydrogen (secondary N) is 2. The Labute approximate surface area is 90.7 Å². The van der Waals surface area contributed by atoms with E-state index >= 15 is 0 Å². The molecular weight excluding hydrogens is 186 g/mol. The van der Waals surface area contributed by atoms with Gasteiger partial charge in [0.05, 0.1) is 18.1 Å². The Hall–Kier alpha value is -0.830. The Morgan fingerprint density at radius 1 is 1.53 bits per heavy atom. The highest BCUT2D eigenvalue weighted by Gasteiger charge is 2.45. The molecule has 0 saturated heterocycles. The van der Waals surface area contributed by atoms with Crippen molar-refractivity contribution < 1.29 is 0 Å². The number of aromatic amines is 1. The lowest BCUT2D eigenvalue weighted by molar-refractivity contribution is 0.0629. The molecule has 3 rings (SSSR count). The molecule has 1 atom stereocenters. The van der Waals surface area contributed by atoms with E-state index in [0.717, 1.165) is 13.0 Å². The van der Waals surface area contributed by atoms with Gasteiger partial charge in [0.15, 0.2) is 0 Å². The first-order valence-corrected chi connectivity index (χ1v) is 6.11. The molecule has 0 bridgehead atoms. The van der Waals surface area contributed by atoms with E-state index in [0.29, 0.717) is 11.5 Å². The molecule has 1 aliphatic heterocycles. The summed E-state index contributed by atoms with van der Waals surface area (Å²) < 4.78 is 0. The van der Waals surface area contributed by atoms with E-state index in [1.54, 1.807) is 0 Å². The van der Waals surface area contributed by atoms with Crippen LogP contribution in [0.25, 0.3) is 0 Å². The second-order valence-electron chi connectivity index (χ2n) is 4.97. The van der Waals surface area contributed by atoms with E-state index in [4.69, 9.17) is 0 Å². The van der Waals surface area contributed by atoms with E-state index in [2.05, 4.69) is 22.2 Å². The van der Waals surface area contributed by atoms with Gasteiger partial charge in [-0.15, -0.1) is 0 Å². The zero-order valence-corrected chi connectivity index (χ0v) is 9.34. The summed E-state index contributed by atoms with van der Waals surface area (Å²) in [6.45, 7) is 3.42. The Morgan fingerprint density at radius 3 is 3.07 bits per heavy atom. The molecule has 1 fully saturated rings. The molecule has 3 nitrogen and oxygen atoms in total. The molecule has 1 aromatic heterocycles. The average Bonchev–Trinajstić information content (AvgIpc) is 2.65. The lowest BCUT2D eigenvalue weighted by Gasteiger charge is -2.48. The van der Waals surface area contributed by atoms with Gasteiger partial charge >= 0.3 is 0 Å². The molecule has 0 spiro atoms. The second-order valence-corrected chi connectivity index (χ2v) is 4.97. The quantitative estimate of drug-likeness (QED) is 0.777. The Bertz CT molecular complexity index is 346. The summed E-state index contributed by atoms with van der Waals surface area (Å²) in [6.07, 6.45) is 8.36. The van der Waals surface area contributed by atoms with Crippen LogP contribution in [0.2, 0.25) is 0 Å². The molecule has 0 amide bonds. The number of H-pyrrole nitrogens is 1. The van der Waals surface area contributed by atoms with Gasteiger partial charge in [0.2, 0.25) is 0 Å². The fourth-order valence-electron chi connectivity index (χ4n) is 3.20. The number of aromatic nitrogens is 2. The fraction of sp³-hybridized carbons (Fsp3) is 0.750. The third-order valence-electron chi connectivity index (χ3n) is 4.41. The van der Waals surface area contributed by atoms with Gasteiger partial charge in [-0.25, -0.2) is 4.98 Å². The van der Waals surface area contributed by atoms with Crippen molar-refractivity contribution in [3.05, 3.63) is 17.7 Å². The van der Waals surface area contributed by atoms with Gasteiger partial charge in [-0.3, -0.25) is 0 Å². The number of nitrogens with zero attached hydrogens (tertiary/aromatic N) is 1. The molecule has 1 saturated carbocycles. The molecule has 1 unspecified atom stereocenters. The minimum atomic E-state index is 0.504. The van der Waals surface area contributed by atoms with Crippen molar-refractivity contribution in [3.63, 3.8) is 0 Å². The van der Waals surface area contributed by atoms with Crippen molar-refractivity contribution in [2.75, 3.05) is 6.54 Å². The topological polar surface area (TPSA) is 40.7 Å². The van der Waals surface area contributed by atoms with Crippen molar-refractivity contribution >= 4 is 0 Å². The van der Waals surface area contributed by atoms with Gasteiger partial charge in [0, 0.05) is 18.7 Å². The maximum atomic E-state index is 4.52. The minimum Gasteiger partial charge on any atom is -0.348 e. The van der Waals surface area contributed by atoms with Crippen LogP contribution in [0.1, 0.15) is 50.0 Å². The zero-order valence-electron chi connectivity index (χ0n) is 9.34. The maximum Gasteiger partial charge on any atom is 0.0925 e. The SMILES string of the molecule is CCC1(C2NCCc3[nH]cnc32)CCC1. The molecule has 1 aliphatic carbocycles. The van der Waals surface area contributed by atoms with Crippen molar-refractivity contribution in [1.29, 1.82) is 0 Å². The predicted molar refractivity (Wildman–Crippen MR) is 59.6 cm³/mol. The largest absolute Gasteiger partial charge is 0.348 e. The molecule has 1 aromatic rings. The molecule has 15 heavy (non-hydrogen) atoms. The normalized spacial score (nSPS) is 28.2. The first-order chi connectivity index (χ1) is 7.36. The smallest absolute Gasteiger partial charge is 0.0925 e. The first kappa shape index (κ1) is 9.40. The third-order valence-corrected chi connectivity index (χ3v) is 4.41. The summed E-state index contributed by atoms with van der Waals surface area (Å²) in [5.74, 6) is 0. The van der Waals surface area contributed by atoms with Crippen LogP contribution in [-0.2, 0) is 6.42 Å². The van der Waals surface area contributed by atoms with Crippen LogP contribution in [0.5, 0.6) is 0 Å². The van der Waals surface area contributed by atoms with Gasteiger partial charge < -0.3 is 10.3 Å². The van der Waals surface area contributed by atoms with Crippen LogP contribution in [0.3, 0.4) is 0 Å². The first-order valence-electron chi connectivity index (χ1n) is 6.11. The lowest BCUT2D eigenvalue weighted by Crippen LogP contribution is -2.45. The van der Waals surface area contributed by atoms with Crippen LogP contribution in [-0.4, -0.2) is 16.5 Å². The summed E-state index contributed by atoms with van der Waals surface area (Å²) in [4.78, 5) is 7.80. The molecular formula is C12H19N3. The highest BCUT2D eigenvalue weighted by molar-refractivity contribution is 5.23. The van der Waals surface area contributed by atoms with Crippen molar-refractivity contribution in [3.8, 4) is 0 Å². The Morgan fingerprint density at radius 2 is 2.40 bits per heavy atom. The Balaban J connectivity index is 1.95. The van der Waals surface area contributed by atoms with Crippen molar-refractivity contribution in [1.82, 2.24) is 15.3 Å². The lowest BCUT2D eigenvalue weighted by atomic mass is 9.61. The van der Waals surface area contributed by atoms with E-state index in [1.807, 2.05) is 6.33 Å². The molecule has 2 heterocycles. The fourth-order valence-corrected chi connectivity index (χ4v) is 3.20. The summed E-state index contributed by atoms with van der Waals surface area (Å²) in [5.41, 5.74) is 3.16. The highest BCUT2D eigenvalue weighted by Crippen LogP contribution is 2.53. The maximum absolute atomic E-state index is 4.52. The summed E-state index contributed by atoms with van der Waals surface area (Å²) in [6, 6.07) is 0.506. The predicted octanol–water partition coefficient (Wildman–Crippen LogP) is 2.18. The highest BCUT2D eigenvalue weighted by atomic mass is 15.0. The van der Waals surface area contributed by atoms with Crippen LogP contribution >= 0.6 is 0 Å². The monoisotopic (exact) mass is 205 g/mol. The molecule has 2 N–H and O–H groups in total. The zero-order chi connectivity index (χ0) is 10.3. The van der Waals surface area contributed by atoms with Crippen LogP contribution in [0.15, 0.2) is 6.33 Å². The minimum absolute atomic E-state index is 0.504. The van der Waals surface area contributed by atoms with Gasteiger partial charge in [0.25, 0.3) is 0 Å². The van der Waals surface area contributed by atoms with Gasteiger partial charge in [-0.2, -0.15) is 0 Å². The van der Waals surface area contributed by atoms with Crippen LogP contribution in [0.4, 0.5) is 0 Å².